The second-order valence-electron chi connectivity index (χ2n) is 4.72. The largest absolute Gasteiger partial charge is 0.501 e. The van der Waals surface area contributed by atoms with Crippen molar-refractivity contribution in [2.24, 2.45) is 0 Å². The van der Waals surface area contributed by atoms with E-state index in [0.717, 1.165) is 24.7 Å². The first-order valence-electron chi connectivity index (χ1n) is 6.44. The number of aliphatic hydroxyl groups is 4. The minimum atomic E-state index is -2.16. The van der Waals surface area contributed by atoms with Crippen molar-refractivity contribution in [3.63, 3.8) is 0 Å². The van der Waals surface area contributed by atoms with E-state index in [1.54, 1.807) is 0 Å². The summed E-state index contributed by atoms with van der Waals surface area (Å²) < 4.78 is 15.1. The lowest BCUT2D eigenvalue weighted by molar-refractivity contribution is -0.0884. The summed E-state index contributed by atoms with van der Waals surface area (Å²) in [6, 6.07) is 0. The fourth-order valence-electron chi connectivity index (χ4n) is 1.83. The molecule has 0 aliphatic carbocycles. The lowest BCUT2D eigenvalue weighted by Gasteiger charge is -2.20. The molecule has 2 aliphatic heterocycles. The topological polar surface area (TPSA) is 109 Å². The summed E-state index contributed by atoms with van der Waals surface area (Å²) in [5, 5.41) is 39.2. The van der Waals surface area contributed by atoms with E-state index in [2.05, 4.69) is 0 Å². The first kappa shape index (κ1) is 15.6. The van der Waals surface area contributed by atoms with Crippen LogP contribution in [0.15, 0.2) is 48.3 Å². The first-order valence-corrected chi connectivity index (χ1v) is 6.44. The third-order valence-electron chi connectivity index (χ3n) is 3.14. The Hall–Kier alpha value is -1.80. The Bertz CT molecular complexity index is 442. The van der Waals surface area contributed by atoms with Crippen LogP contribution >= 0.6 is 0 Å². The molecule has 2 rings (SSSR count). The fraction of sp³-hybridized carbons (Fsp3) is 0.429. The van der Waals surface area contributed by atoms with Crippen molar-refractivity contribution in [3.8, 4) is 0 Å². The molecule has 0 fully saturated rings. The van der Waals surface area contributed by atoms with Crippen molar-refractivity contribution in [3.05, 3.63) is 48.3 Å². The second-order valence-corrected chi connectivity index (χ2v) is 4.72. The lowest BCUT2D eigenvalue weighted by atomic mass is 10.1. The van der Waals surface area contributed by atoms with Gasteiger partial charge in [-0.1, -0.05) is 0 Å². The molecule has 0 bridgehead atoms. The zero-order valence-corrected chi connectivity index (χ0v) is 11.3. The van der Waals surface area contributed by atoms with Crippen LogP contribution in [0.3, 0.4) is 0 Å². The normalized spacial score (nSPS) is 27.6. The van der Waals surface area contributed by atoms with Crippen LogP contribution in [-0.4, -0.2) is 45.2 Å². The summed E-state index contributed by atoms with van der Waals surface area (Å²) in [4.78, 5) is 0. The van der Waals surface area contributed by atoms with Gasteiger partial charge in [-0.25, -0.2) is 0 Å². The highest BCUT2D eigenvalue weighted by molar-refractivity contribution is 5.21. The quantitative estimate of drug-likeness (QED) is 0.420. The predicted octanol–water partition coefficient (Wildman–Crippen LogP) is 0.000600. The molecule has 7 heteroatoms. The Morgan fingerprint density at radius 1 is 0.857 bits per heavy atom. The average molecular weight is 298 g/mol. The first-order chi connectivity index (χ1) is 9.92. The smallest absolute Gasteiger partial charge is 0.212 e. The van der Waals surface area contributed by atoms with Crippen molar-refractivity contribution in [2.75, 3.05) is 13.2 Å². The number of hydrogen-bond donors (Lipinski definition) is 4. The summed E-state index contributed by atoms with van der Waals surface area (Å²) in [5.41, 5.74) is 0.380. The fourth-order valence-corrected chi connectivity index (χ4v) is 1.83. The molecule has 0 spiro atoms. The van der Waals surface area contributed by atoms with Gasteiger partial charge in [0, 0.05) is 36.1 Å². The molecular weight excluding hydrogens is 280 g/mol. The molecule has 21 heavy (non-hydrogen) atoms. The van der Waals surface area contributed by atoms with Gasteiger partial charge in [-0.15, -0.1) is 0 Å². The zero-order chi connectivity index (χ0) is 15.3. The molecule has 2 heterocycles. The summed E-state index contributed by atoms with van der Waals surface area (Å²) in [6.07, 6.45) is 7.42. The Balaban J connectivity index is 2.11. The highest BCUT2D eigenvalue weighted by atomic mass is 16.5. The van der Waals surface area contributed by atoms with E-state index in [1.165, 1.54) is 12.5 Å². The van der Waals surface area contributed by atoms with Crippen LogP contribution in [0.2, 0.25) is 0 Å². The van der Waals surface area contributed by atoms with Crippen LogP contribution in [0.5, 0.6) is 0 Å². The van der Waals surface area contributed by atoms with E-state index in [4.69, 9.17) is 14.2 Å². The Kier molecular flexibility index (Phi) is 4.69. The van der Waals surface area contributed by atoms with Crippen molar-refractivity contribution < 1.29 is 34.6 Å². The standard InChI is InChI=1S/C14H18O7/c15-13(16)3-7-19-5-1-11(13)9-21-10-12-2-6-20-8-4-14(12,17)18/h3-4,7-10,15-18H,1-2,5-6H2/b11-9-,12-10+. The minimum absolute atomic E-state index is 0.190. The van der Waals surface area contributed by atoms with Gasteiger partial charge in [0.1, 0.15) is 0 Å². The third kappa shape index (κ3) is 4.08. The maximum atomic E-state index is 9.79. The van der Waals surface area contributed by atoms with Gasteiger partial charge in [0.05, 0.1) is 38.3 Å². The van der Waals surface area contributed by atoms with Crippen LogP contribution in [0.1, 0.15) is 12.8 Å². The average Bonchev–Trinajstić information content (AvgIpc) is 2.67. The van der Waals surface area contributed by atoms with Gasteiger partial charge in [-0.2, -0.15) is 0 Å². The monoisotopic (exact) mass is 298 g/mol. The van der Waals surface area contributed by atoms with Crippen LogP contribution in [0.25, 0.3) is 0 Å². The highest BCUT2D eigenvalue weighted by Crippen LogP contribution is 2.24. The van der Waals surface area contributed by atoms with Crippen molar-refractivity contribution >= 4 is 0 Å². The van der Waals surface area contributed by atoms with E-state index in [1.807, 2.05) is 0 Å². The van der Waals surface area contributed by atoms with Gasteiger partial charge in [0.25, 0.3) is 0 Å². The van der Waals surface area contributed by atoms with Crippen molar-refractivity contribution in [1.82, 2.24) is 0 Å². The Labute approximate surface area is 121 Å². The van der Waals surface area contributed by atoms with Crippen LogP contribution < -0.4 is 0 Å². The SMILES string of the molecule is OC1(O)C=COCC/C1=C/O/C=C1\CCOC=CC1(O)O. The minimum Gasteiger partial charge on any atom is -0.501 e. The molecule has 0 radical (unpaired) electrons. The molecule has 0 unspecified atom stereocenters. The molecule has 0 saturated heterocycles. The van der Waals surface area contributed by atoms with E-state index >= 15 is 0 Å². The molecule has 116 valence electrons. The summed E-state index contributed by atoms with van der Waals surface area (Å²) in [7, 11) is 0. The summed E-state index contributed by atoms with van der Waals surface area (Å²) in [5.74, 6) is -4.31. The van der Waals surface area contributed by atoms with Gasteiger partial charge >= 0.3 is 0 Å². The molecule has 0 aromatic rings. The highest BCUT2D eigenvalue weighted by Gasteiger charge is 2.29. The van der Waals surface area contributed by atoms with Gasteiger partial charge < -0.3 is 34.6 Å². The lowest BCUT2D eigenvalue weighted by Crippen LogP contribution is -2.28. The number of hydrogen-bond acceptors (Lipinski definition) is 7. The Morgan fingerprint density at radius 2 is 1.29 bits per heavy atom. The van der Waals surface area contributed by atoms with Gasteiger partial charge in [0.2, 0.25) is 11.6 Å². The van der Waals surface area contributed by atoms with E-state index < -0.39 is 11.6 Å². The molecule has 0 atom stereocenters. The van der Waals surface area contributed by atoms with Gasteiger partial charge in [-0.05, 0) is 0 Å². The molecule has 0 amide bonds. The number of ether oxygens (including phenoxy) is 3. The third-order valence-corrected chi connectivity index (χ3v) is 3.14. The maximum absolute atomic E-state index is 9.79. The van der Waals surface area contributed by atoms with E-state index in [9.17, 15) is 20.4 Å². The predicted molar refractivity (Wildman–Crippen MR) is 71.0 cm³/mol. The van der Waals surface area contributed by atoms with Crippen LogP contribution in [-0.2, 0) is 14.2 Å². The summed E-state index contributed by atoms with van der Waals surface area (Å²) in [6.45, 7) is 0.567. The molecule has 0 saturated carbocycles. The molecular formula is C14H18O7. The van der Waals surface area contributed by atoms with Crippen molar-refractivity contribution in [2.45, 2.75) is 24.4 Å². The Morgan fingerprint density at radius 3 is 1.71 bits per heavy atom. The molecule has 7 nitrogen and oxygen atoms in total. The molecule has 2 aliphatic rings. The van der Waals surface area contributed by atoms with Gasteiger partial charge in [0.15, 0.2) is 0 Å². The van der Waals surface area contributed by atoms with E-state index in [-0.39, 0.29) is 37.2 Å². The van der Waals surface area contributed by atoms with Crippen molar-refractivity contribution in [1.29, 1.82) is 0 Å². The summed E-state index contributed by atoms with van der Waals surface area (Å²) >= 11 is 0. The molecule has 0 aromatic heterocycles. The van der Waals surface area contributed by atoms with Crippen LogP contribution in [0, 0.1) is 0 Å². The number of rotatable bonds is 2. The van der Waals surface area contributed by atoms with Gasteiger partial charge in [-0.3, -0.25) is 0 Å². The zero-order valence-electron chi connectivity index (χ0n) is 11.3. The van der Waals surface area contributed by atoms with E-state index in [0.29, 0.717) is 0 Å². The maximum Gasteiger partial charge on any atom is 0.212 e. The van der Waals surface area contributed by atoms with Crippen LogP contribution in [0.4, 0.5) is 0 Å². The second kappa shape index (κ2) is 6.31. The molecule has 4 N–H and O–H groups in total. The molecule has 0 aromatic carbocycles.